The van der Waals surface area contributed by atoms with Crippen LogP contribution in [-0.4, -0.2) is 42.2 Å². The molecule has 3 N–H and O–H groups in total. The molecule has 0 aliphatic heterocycles. The van der Waals surface area contributed by atoms with Gasteiger partial charge in [0.15, 0.2) is 5.96 Å². The van der Waals surface area contributed by atoms with Crippen LogP contribution in [0.2, 0.25) is 0 Å². The molecule has 1 aromatic carbocycles. The van der Waals surface area contributed by atoms with E-state index in [2.05, 4.69) is 23.3 Å². The van der Waals surface area contributed by atoms with Crippen LogP contribution in [0.1, 0.15) is 40.2 Å². The van der Waals surface area contributed by atoms with Crippen LogP contribution < -0.4 is 11.1 Å². The van der Waals surface area contributed by atoms with Crippen molar-refractivity contribution in [2.24, 2.45) is 10.7 Å². The lowest BCUT2D eigenvalue weighted by molar-refractivity contribution is 0.0266. The molecule has 0 saturated carbocycles. The van der Waals surface area contributed by atoms with Gasteiger partial charge in [0.2, 0.25) is 0 Å². The van der Waals surface area contributed by atoms with E-state index < -0.39 is 5.60 Å². The summed E-state index contributed by atoms with van der Waals surface area (Å²) in [6.45, 7) is 11.0. The summed E-state index contributed by atoms with van der Waals surface area (Å²) in [6, 6.07) is 8.04. The van der Waals surface area contributed by atoms with Crippen LogP contribution in [0.15, 0.2) is 29.3 Å². The second-order valence-corrected chi connectivity index (χ2v) is 6.51. The highest BCUT2D eigenvalue weighted by Crippen LogP contribution is 2.11. The number of nitrogens with zero attached hydrogens (tertiary/aromatic N) is 2. The predicted octanol–water partition coefficient (Wildman–Crippen LogP) is 3.85. The molecule has 0 aromatic heterocycles. The average Bonchev–Trinajstić information content (AvgIpc) is 2.50. The Morgan fingerprint density at radius 1 is 1.32 bits per heavy atom. The first-order valence-electron chi connectivity index (χ1n) is 8.39. The van der Waals surface area contributed by atoms with Crippen LogP contribution in [0, 0.1) is 0 Å². The van der Waals surface area contributed by atoms with Gasteiger partial charge in [0.05, 0.1) is 6.54 Å². The van der Waals surface area contributed by atoms with Crippen molar-refractivity contribution in [2.75, 3.05) is 25.0 Å². The number of likely N-dealkylation sites (N-methyl/N-ethyl adjacent to an activating group) is 1. The van der Waals surface area contributed by atoms with Crippen LogP contribution in [0.3, 0.4) is 0 Å². The van der Waals surface area contributed by atoms with E-state index in [1.807, 2.05) is 45.9 Å². The number of ether oxygens (including phenoxy) is 1. The Bertz CT molecular complexity index is 570. The number of guanidine groups is 1. The van der Waals surface area contributed by atoms with Gasteiger partial charge in [-0.15, -0.1) is 24.0 Å². The zero-order valence-electron chi connectivity index (χ0n) is 15.8. The van der Waals surface area contributed by atoms with Gasteiger partial charge in [-0.2, -0.15) is 0 Å². The molecule has 0 aliphatic carbocycles. The fourth-order valence-electron chi connectivity index (χ4n) is 2.05. The normalized spacial score (nSPS) is 11.5. The molecule has 25 heavy (non-hydrogen) atoms. The smallest absolute Gasteiger partial charge is 0.410 e. The number of nitrogens with two attached hydrogens (primary N) is 1. The van der Waals surface area contributed by atoms with Crippen LogP contribution in [0.25, 0.3) is 0 Å². The van der Waals surface area contributed by atoms with Crippen molar-refractivity contribution in [3.63, 3.8) is 0 Å². The van der Waals surface area contributed by atoms with Crippen molar-refractivity contribution in [1.29, 1.82) is 0 Å². The first-order chi connectivity index (χ1) is 11.2. The van der Waals surface area contributed by atoms with E-state index >= 15 is 0 Å². The molecular formula is C18H31IN4O2. The third-order valence-electron chi connectivity index (χ3n) is 3.29. The van der Waals surface area contributed by atoms with E-state index in [0.29, 0.717) is 25.6 Å². The second kappa shape index (κ2) is 11.2. The van der Waals surface area contributed by atoms with E-state index in [4.69, 9.17) is 10.5 Å². The molecule has 1 amide bonds. The summed E-state index contributed by atoms with van der Waals surface area (Å²) in [7, 11) is 0. The molecule has 0 unspecified atom stereocenters. The quantitative estimate of drug-likeness (QED) is 0.383. The lowest BCUT2D eigenvalue weighted by atomic mass is 10.1. The molecule has 0 radical (unpaired) electrons. The fraction of sp³-hybridized carbons (Fsp3) is 0.556. The Balaban J connectivity index is 0.00000576. The number of benzene rings is 1. The van der Waals surface area contributed by atoms with Gasteiger partial charge in [0.25, 0.3) is 0 Å². The molecule has 142 valence electrons. The van der Waals surface area contributed by atoms with Gasteiger partial charge in [0, 0.05) is 18.8 Å². The summed E-state index contributed by atoms with van der Waals surface area (Å²) >= 11 is 0. The second-order valence-electron chi connectivity index (χ2n) is 6.51. The molecular weight excluding hydrogens is 431 g/mol. The van der Waals surface area contributed by atoms with Gasteiger partial charge < -0.3 is 20.7 Å². The topological polar surface area (TPSA) is 80.0 Å². The van der Waals surface area contributed by atoms with E-state index in [0.717, 1.165) is 12.1 Å². The number of amides is 1. The van der Waals surface area contributed by atoms with Gasteiger partial charge in [-0.25, -0.2) is 4.79 Å². The summed E-state index contributed by atoms with van der Waals surface area (Å²) in [6.07, 6.45) is 0.635. The van der Waals surface area contributed by atoms with E-state index in [9.17, 15) is 4.79 Å². The Morgan fingerprint density at radius 2 is 2.00 bits per heavy atom. The van der Waals surface area contributed by atoms with Gasteiger partial charge in [-0.05, 0) is 51.8 Å². The number of hydrogen-bond acceptors (Lipinski definition) is 3. The lowest BCUT2D eigenvalue weighted by Gasteiger charge is -2.26. The Hall–Kier alpha value is -1.51. The first-order valence-corrected chi connectivity index (χ1v) is 8.39. The highest BCUT2D eigenvalue weighted by molar-refractivity contribution is 14.0. The highest BCUT2D eigenvalue weighted by Gasteiger charge is 2.20. The largest absolute Gasteiger partial charge is 0.444 e. The Kier molecular flexibility index (Phi) is 10.5. The number of carbonyl (C=O) groups is 1. The molecule has 6 nitrogen and oxygen atoms in total. The van der Waals surface area contributed by atoms with Crippen LogP contribution >= 0.6 is 24.0 Å². The number of nitrogens with one attached hydrogen (secondary N) is 1. The third-order valence-corrected chi connectivity index (χ3v) is 3.29. The Labute approximate surface area is 168 Å². The fourth-order valence-corrected chi connectivity index (χ4v) is 2.05. The maximum absolute atomic E-state index is 12.0. The summed E-state index contributed by atoms with van der Waals surface area (Å²) in [5.41, 5.74) is 7.55. The van der Waals surface area contributed by atoms with Crippen LogP contribution in [-0.2, 0) is 11.2 Å². The number of hydrogen-bond donors (Lipinski definition) is 2. The van der Waals surface area contributed by atoms with Crippen LogP contribution in [0.5, 0.6) is 0 Å². The summed E-state index contributed by atoms with van der Waals surface area (Å²) < 4.78 is 5.36. The van der Waals surface area contributed by atoms with E-state index in [1.165, 1.54) is 5.56 Å². The standard InChI is InChI=1S/C18H30N4O2.HI/c1-6-14-9-8-10-15(13-14)21-16(19)20-11-12-22(7-2)17(23)24-18(3,4)5;/h8-10,13H,6-7,11-12H2,1-5H3,(H3,19,20,21);1H. The zero-order valence-corrected chi connectivity index (χ0v) is 18.2. The molecule has 0 atom stereocenters. The lowest BCUT2D eigenvalue weighted by Crippen LogP contribution is -2.38. The number of aliphatic imine (C=N–C) groups is 1. The number of aryl methyl sites for hydroxylation is 1. The van der Waals surface area contributed by atoms with Gasteiger partial charge in [0.1, 0.15) is 5.60 Å². The molecule has 1 aromatic rings. The minimum Gasteiger partial charge on any atom is -0.444 e. The van der Waals surface area contributed by atoms with Gasteiger partial charge in [-0.1, -0.05) is 19.1 Å². The minimum absolute atomic E-state index is 0. The average molecular weight is 462 g/mol. The maximum atomic E-state index is 12.0. The zero-order chi connectivity index (χ0) is 18.2. The number of carbonyl (C=O) groups excluding carboxylic acids is 1. The number of rotatable bonds is 6. The van der Waals surface area contributed by atoms with Crippen molar-refractivity contribution in [3.05, 3.63) is 29.8 Å². The van der Waals surface area contributed by atoms with Crippen molar-refractivity contribution in [3.8, 4) is 0 Å². The van der Waals surface area contributed by atoms with E-state index in [1.54, 1.807) is 4.90 Å². The molecule has 1 rings (SSSR count). The third kappa shape index (κ3) is 9.52. The SMILES string of the molecule is CCc1cccc(NC(N)=NCCN(CC)C(=O)OC(C)(C)C)c1.I. The van der Waals surface area contributed by atoms with Crippen LogP contribution in [0.4, 0.5) is 10.5 Å². The molecule has 0 aliphatic rings. The maximum Gasteiger partial charge on any atom is 0.410 e. The summed E-state index contributed by atoms with van der Waals surface area (Å²) in [4.78, 5) is 17.9. The van der Waals surface area contributed by atoms with Gasteiger partial charge in [-0.3, -0.25) is 4.99 Å². The van der Waals surface area contributed by atoms with E-state index in [-0.39, 0.29) is 30.1 Å². The highest BCUT2D eigenvalue weighted by atomic mass is 127. The predicted molar refractivity (Wildman–Crippen MR) is 115 cm³/mol. The molecule has 0 spiro atoms. The first kappa shape index (κ1) is 23.5. The monoisotopic (exact) mass is 462 g/mol. The molecule has 0 saturated heterocycles. The number of anilines is 1. The molecule has 0 heterocycles. The molecule has 0 fully saturated rings. The summed E-state index contributed by atoms with van der Waals surface area (Å²) in [5, 5.41) is 3.07. The molecule has 0 bridgehead atoms. The van der Waals surface area contributed by atoms with Crippen molar-refractivity contribution >= 4 is 41.7 Å². The Morgan fingerprint density at radius 3 is 2.56 bits per heavy atom. The van der Waals surface area contributed by atoms with Gasteiger partial charge >= 0.3 is 6.09 Å². The number of halogens is 1. The van der Waals surface area contributed by atoms with Crippen molar-refractivity contribution in [1.82, 2.24) is 4.90 Å². The van der Waals surface area contributed by atoms with Crippen molar-refractivity contribution in [2.45, 2.75) is 46.6 Å². The molecule has 7 heteroatoms. The minimum atomic E-state index is -0.501. The summed E-state index contributed by atoms with van der Waals surface area (Å²) in [5.74, 6) is 0.337. The van der Waals surface area contributed by atoms with Crippen molar-refractivity contribution < 1.29 is 9.53 Å².